The Bertz CT molecular complexity index is 1320. The Balaban J connectivity index is 1.74. The fourth-order valence-electron chi connectivity index (χ4n) is 5.42. The fourth-order valence-corrected chi connectivity index (χ4v) is 5.42. The second kappa shape index (κ2) is 12.1. The van der Waals surface area contributed by atoms with Gasteiger partial charge in [0.1, 0.15) is 0 Å². The van der Waals surface area contributed by atoms with Crippen LogP contribution < -0.4 is 9.80 Å². The highest BCUT2D eigenvalue weighted by Crippen LogP contribution is 2.47. The topological polar surface area (TPSA) is 81.1 Å². The first-order valence-corrected chi connectivity index (χ1v) is 13.8. The lowest BCUT2D eigenvalue weighted by Crippen LogP contribution is -2.44. The number of hydrogen-bond donors (Lipinski definition) is 2. The van der Waals surface area contributed by atoms with Crippen LogP contribution >= 0.6 is 0 Å². The van der Waals surface area contributed by atoms with Crippen molar-refractivity contribution in [3.8, 4) is 0 Å². The predicted octanol–water partition coefficient (Wildman–Crippen LogP) is 6.10. The van der Waals surface area contributed by atoms with Crippen LogP contribution in [0.1, 0.15) is 64.5 Å². The molecule has 0 spiro atoms. The molecule has 2 aromatic rings. The lowest BCUT2D eigenvalue weighted by atomic mass is 9.82. The number of anilines is 3. The van der Waals surface area contributed by atoms with Crippen LogP contribution in [0, 0.1) is 5.92 Å². The largest absolute Gasteiger partial charge is 0.396 e. The minimum atomic E-state index is -1.79. The van der Waals surface area contributed by atoms with Crippen LogP contribution in [0.15, 0.2) is 77.9 Å². The van der Waals surface area contributed by atoms with E-state index in [1.54, 1.807) is 28.0 Å². The first-order chi connectivity index (χ1) is 18.7. The van der Waals surface area contributed by atoms with Crippen LogP contribution in [0.5, 0.6) is 0 Å². The monoisotopic (exact) mass is 528 g/mol. The number of amides is 2. The average molecular weight is 529 g/mol. The van der Waals surface area contributed by atoms with Crippen LogP contribution in [-0.2, 0) is 21.6 Å². The number of allylic oxidation sites excluding steroid dienone is 3. The number of benzene rings is 2. The van der Waals surface area contributed by atoms with Gasteiger partial charge in [0.2, 0.25) is 5.91 Å². The Hall–Kier alpha value is -3.48. The van der Waals surface area contributed by atoms with Crippen molar-refractivity contribution >= 4 is 28.9 Å². The third-order valence-electron chi connectivity index (χ3n) is 7.69. The molecule has 2 N–H and O–H groups in total. The maximum absolute atomic E-state index is 13.9. The summed E-state index contributed by atoms with van der Waals surface area (Å²) in [6, 6.07) is 13.4. The van der Waals surface area contributed by atoms with E-state index < -0.39 is 11.5 Å². The first-order valence-electron chi connectivity index (χ1n) is 13.8. The maximum atomic E-state index is 13.9. The van der Waals surface area contributed by atoms with E-state index in [4.69, 9.17) is 0 Å². The van der Waals surface area contributed by atoms with Gasteiger partial charge in [0.15, 0.2) is 5.60 Å². The molecule has 0 bridgehead atoms. The van der Waals surface area contributed by atoms with E-state index in [0.29, 0.717) is 42.7 Å². The van der Waals surface area contributed by atoms with E-state index in [9.17, 15) is 19.8 Å². The number of aliphatic hydroxyl groups is 2. The summed E-state index contributed by atoms with van der Waals surface area (Å²) in [6.45, 7) is 8.39. The molecule has 0 saturated heterocycles. The quantitative estimate of drug-likeness (QED) is 0.365. The summed E-state index contributed by atoms with van der Waals surface area (Å²) in [5.74, 6) is -0.929. The lowest BCUT2D eigenvalue weighted by molar-refractivity contribution is -0.139. The van der Waals surface area contributed by atoms with E-state index in [1.807, 2.05) is 43.3 Å². The number of fused-ring (bicyclic) bond motifs is 2. The second-order valence-corrected chi connectivity index (χ2v) is 10.8. The van der Waals surface area contributed by atoms with Gasteiger partial charge in [-0.2, -0.15) is 0 Å². The fraction of sp³-hybridized carbons (Fsp3) is 0.394. The van der Waals surface area contributed by atoms with Crippen molar-refractivity contribution in [2.24, 2.45) is 5.92 Å². The minimum absolute atomic E-state index is 0.00421. The number of carbonyl (C=O) groups is 2. The number of hydrogen-bond acceptors (Lipinski definition) is 4. The van der Waals surface area contributed by atoms with E-state index in [-0.39, 0.29) is 18.4 Å². The van der Waals surface area contributed by atoms with Crippen molar-refractivity contribution in [3.05, 3.63) is 89.0 Å². The average Bonchev–Trinajstić information content (AvgIpc) is 3.13. The third-order valence-corrected chi connectivity index (χ3v) is 7.69. The molecule has 6 heteroatoms. The summed E-state index contributed by atoms with van der Waals surface area (Å²) >= 11 is 0. The maximum Gasteiger partial charge on any atom is 0.264 e. The molecule has 4 rings (SSSR count). The number of carbonyl (C=O) groups excluding carboxylic acids is 2. The van der Waals surface area contributed by atoms with Gasteiger partial charge in [-0.05, 0) is 76.3 Å². The molecule has 2 atom stereocenters. The smallest absolute Gasteiger partial charge is 0.264 e. The highest BCUT2D eigenvalue weighted by Gasteiger charge is 2.52. The molecule has 6 nitrogen and oxygen atoms in total. The summed E-state index contributed by atoms with van der Waals surface area (Å²) in [6.07, 6.45) is 11.2. The standard InChI is InChI=1S/C33H40N2O4/c1-23(2)10-9-11-24(3)19-20-34-30-17-16-27(35-29-14-6-5-13-26(29)15-18-31(35)37)22-28(30)33(39,32(34)38)25(4)12-7-8-21-36/h5-7,10,12-14,16-17,19,22,25,36,39H,8-9,11,15,18,20-21H2,1-4H3/b12-7+,24-19+/t25-,33+/m0/s1. The Morgan fingerprint density at radius 1 is 1.03 bits per heavy atom. The first kappa shape index (κ1) is 28.5. The molecule has 0 aromatic heterocycles. The highest BCUT2D eigenvalue weighted by atomic mass is 16.3. The molecule has 0 unspecified atom stereocenters. The van der Waals surface area contributed by atoms with Crippen molar-refractivity contribution in [1.29, 1.82) is 0 Å². The molecule has 0 radical (unpaired) electrons. The predicted molar refractivity (Wildman–Crippen MR) is 157 cm³/mol. The summed E-state index contributed by atoms with van der Waals surface area (Å²) in [5, 5.41) is 21.3. The molecule has 2 aliphatic rings. The van der Waals surface area contributed by atoms with Crippen LogP contribution in [0.3, 0.4) is 0 Å². The number of aliphatic hydroxyl groups excluding tert-OH is 1. The van der Waals surface area contributed by atoms with Crippen LogP contribution in [-0.4, -0.2) is 35.2 Å². The van der Waals surface area contributed by atoms with Gasteiger partial charge in [0.25, 0.3) is 5.91 Å². The van der Waals surface area contributed by atoms with Gasteiger partial charge in [-0.3, -0.25) is 14.5 Å². The highest BCUT2D eigenvalue weighted by molar-refractivity contribution is 6.09. The zero-order valence-corrected chi connectivity index (χ0v) is 23.5. The Kier molecular flexibility index (Phi) is 8.88. The summed E-state index contributed by atoms with van der Waals surface area (Å²) in [4.78, 5) is 30.3. The van der Waals surface area contributed by atoms with Crippen molar-refractivity contribution in [2.45, 2.75) is 65.4 Å². The molecule has 0 fully saturated rings. The number of para-hydroxylation sites is 1. The normalized spacial score (nSPS) is 19.9. The number of nitrogens with zero attached hydrogens (tertiary/aromatic N) is 2. The van der Waals surface area contributed by atoms with Crippen LogP contribution in [0.4, 0.5) is 17.1 Å². The Morgan fingerprint density at radius 3 is 2.54 bits per heavy atom. The number of rotatable bonds is 10. The molecule has 0 saturated carbocycles. The van der Waals surface area contributed by atoms with Crippen LogP contribution in [0.25, 0.3) is 0 Å². The van der Waals surface area contributed by atoms with Crippen molar-refractivity contribution in [2.75, 3.05) is 23.0 Å². The summed E-state index contributed by atoms with van der Waals surface area (Å²) in [7, 11) is 0. The van der Waals surface area contributed by atoms with E-state index in [0.717, 1.165) is 24.1 Å². The molecule has 0 aliphatic carbocycles. The molecule has 2 amide bonds. The molecule has 2 aromatic carbocycles. The van der Waals surface area contributed by atoms with Gasteiger partial charge in [-0.25, -0.2) is 0 Å². The van der Waals surface area contributed by atoms with Gasteiger partial charge < -0.3 is 15.1 Å². The lowest BCUT2D eigenvalue weighted by Gasteiger charge is -2.31. The minimum Gasteiger partial charge on any atom is -0.396 e. The van der Waals surface area contributed by atoms with Gasteiger partial charge in [0.05, 0.1) is 11.4 Å². The number of aryl methyl sites for hydroxylation is 1. The SMILES string of the molecule is CC(C)=CCC/C(C)=C/CN1C(=O)[C@@](O)([C@@H](C)/C=C/CCO)c2cc(N3C(=O)CCc4ccccc43)ccc21. The molecule has 206 valence electrons. The van der Waals surface area contributed by atoms with Crippen molar-refractivity contribution in [3.63, 3.8) is 0 Å². The second-order valence-electron chi connectivity index (χ2n) is 10.8. The van der Waals surface area contributed by atoms with E-state index in [2.05, 4.69) is 32.9 Å². The molecular formula is C33H40N2O4. The van der Waals surface area contributed by atoms with Crippen molar-refractivity contribution < 1.29 is 19.8 Å². The summed E-state index contributed by atoms with van der Waals surface area (Å²) < 4.78 is 0. The van der Waals surface area contributed by atoms with Crippen LogP contribution in [0.2, 0.25) is 0 Å². The van der Waals surface area contributed by atoms with Gasteiger partial charge in [-0.15, -0.1) is 0 Å². The molecule has 2 aliphatic heterocycles. The zero-order chi connectivity index (χ0) is 28.2. The summed E-state index contributed by atoms with van der Waals surface area (Å²) in [5.41, 5.74) is 4.39. The zero-order valence-electron chi connectivity index (χ0n) is 23.5. The molecular weight excluding hydrogens is 488 g/mol. The molecule has 39 heavy (non-hydrogen) atoms. The van der Waals surface area contributed by atoms with Gasteiger partial charge in [0, 0.05) is 36.7 Å². The van der Waals surface area contributed by atoms with Gasteiger partial charge in [-0.1, -0.05) is 60.6 Å². The Labute approximate surface area is 232 Å². The van der Waals surface area contributed by atoms with E-state index in [1.165, 1.54) is 11.1 Å². The Morgan fingerprint density at radius 2 is 1.79 bits per heavy atom. The van der Waals surface area contributed by atoms with Crippen molar-refractivity contribution in [1.82, 2.24) is 0 Å². The molecule has 2 heterocycles. The van der Waals surface area contributed by atoms with E-state index >= 15 is 0 Å². The van der Waals surface area contributed by atoms with Gasteiger partial charge >= 0.3 is 0 Å². The third kappa shape index (κ3) is 5.77.